The lowest BCUT2D eigenvalue weighted by Crippen LogP contribution is -2.52. The smallest absolute Gasteiger partial charge is 0.421 e. The third-order valence-electron chi connectivity index (χ3n) is 6.55. The van der Waals surface area contributed by atoms with Gasteiger partial charge in [-0.05, 0) is 59.7 Å². The summed E-state index contributed by atoms with van der Waals surface area (Å²) in [5, 5.41) is 13.2. The van der Waals surface area contributed by atoms with E-state index in [1.807, 2.05) is 0 Å². The average molecular weight is 596 g/mol. The highest BCUT2D eigenvalue weighted by Gasteiger charge is 2.42. The van der Waals surface area contributed by atoms with E-state index in [9.17, 15) is 32.3 Å². The van der Waals surface area contributed by atoms with Crippen LogP contribution in [0.15, 0.2) is 35.3 Å². The molecule has 0 saturated carbocycles. The molecule has 1 aliphatic heterocycles. The van der Waals surface area contributed by atoms with Crippen molar-refractivity contribution in [3.63, 3.8) is 0 Å². The van der Waals surface area contributed by atoms with E-state index in [0.717, 1.165) is 21.6 Å². The number of aliphatic hydroxyl groups is 1. The molecule has 9 nitrogen and oxygen atoms in total. The van der Waals surface area contributed by atoms with Gasteiger partial charge in [-0.2, -0.15) is 13.2 Å². The summed E-state index contributed by atoms with van der Waals surface area (Å²) in [6.45, 7) is 8.80. The molecule has 0 fully saturated rings. The van der Waals surface area contributed by atoms with Crippen molar-refractivity contribution in [1.29, 1.82) is 0 Å². The van der Waals surface area contributed by atoms with Crippen LogP contribution in [0.5, 0.6) is 0 Å². The number of alkyl carbamates (subject to hydrolysis) is 1. The number of ether oxygens (including phenoxy) is 1. The predicted molar refractivity (Wildman–Crippen MR) is 143 cm³/mol. The fraction of sp³-hybridized carbons (Fsp3) is 0.429. The van der Waals surface area contributed by atoms with Crippen molar-refractivity contribution in [2.45, 2.75) is 70.9 Å². The summed E-state index contributed by atoms with van der Waals surface area (Å²) in [6, 6.07) is 5.36. The number of aromatic nitrogens is 2. The molecule has 1 aromatic heterocycles. The van der Waals surface area contributed by atoms with Crippen LogP contribution < -0.4 is 5.32 Å². The molecule has 0 bridgehead atoms. The first-order valence-electron chi connectivity index (χ1n) is 12.8. The van der Waals surface area contributed by atoms with Gasteiger partial charge in [0.2, 0.25) is 11.9 Å². The molecule has 0 unspecified atom stereocenters. The summed E-state index contributed by atoms with van der Waals surface area (Å²) in [4.78, 5) is 35.0. The Morgan fingerprint density at radius 2 is 1.74 bits per heavy atom. The molecule has 0 aliphatic carbocycles. The number of carbonyl (C=O) groups excluding carboxylic acids is 2. The third-order valence-corrected chi connectivity index (χ3v) is 6.55. The Labute approximate surface area is 238 Å². The van der Waals surface area contributed by atoms with Gasteiger partial charge in [0, 0.05) is 12.6 Å². The van der Waals surface area contributed by atoms with Crippen LogP contribution in [-0.2, 0) is 26.8 Å². The van der Waals surface area contributed by atoms with Crippen LogP contribution in [0.4, 0.5) is 26.7 Å². The summed E-state index contributed by atoms with van der Waals surface area (Å²) >= 11 is 0. The Kier molecular flexibility index (Phi) is 7.38. The number of nitrogens with zero attached hydrogens (tertiary/aromatic N) is 4. The Morgan fingerprint density at radius 1 is 1.10 bits per heavy atom. The van der Waals surface area contributed by atoms with Crippen LogP contribution in [0, 0.1) is 11.6 Å². The number of guanidine groups is 1. The lowest BCUT2D eigenvalue weighted by atomic mass is 9.86. The van der Waals surface area contributed by atoms with E-state index in [-0.39, 0.29) is 29.3 Å². The summed E-state index contributed by atoms with van der Waals surface area (Å²) in [5.41, 5.74) is -7.91. The molecule has 226 valence electrons. The number of benzene rings is 2. The molecule has 14 heteroatoms. The van der Waals surface area contributed by atoms with E-state index in [0.29, 0.717) is 6.07 Å². The Hall–Kier alpha value is -4.07. The first-order valence-corrected chi connectivity index (χ1v) is 12.8. The molecule has 2 amide bonds. The fourth-order valence-electron chi connectivity index (χ4n) is 4.71. The number of carbonyl (C=O) groups is 2. The molecule has 2 aromatic carbocycles. The minimum Gasteiger partial charge on any atom is -0.444 e. The number of halogens is 5. The van der Waals surface area contributed by atoms with Crippen molar-refractivity contribution in [3.05, 3.63) is 58.9 Å². The summed E-state index contributed by atoms with van der Waals surface area (Å²) in [6.07, 6.45) is -6.47. The Morgan fingerprint density at radius 3 is 2.31 bits per heavy atom. The largest absolute Gasteiger partial charge is 0.444 e. The van der Waals surface area contributed by atoms with Crippen molar-refractivity contribution in [2.24, 2.45) is 4.99 Å². The maximum absolute atomic E-state index is 16.5. The molecular formula is C28H30F5N5O4. The van der Waals surface area contributed by atoms with Crippen molar-refractivity contribution in [1.82, 2.24) is 19.8 Å². The number of nitrogens with one attached hydrogen (secondary N) is 1. The first-order chi connectivity index (χ1) is 19.1. The Bertz CT molecular complexity index is 1620. The van der Waals surface area contributed by atoms with Crippen LogP contribution in [0.1, 0.15) is 64.9 Å². The van der Waals surface area contributed by atoms with Crippen LogP contribution >= 0.6 is 0 Å². The number of hydrogen-bond acceptors (Lipinski definition) is 6. The molecule has 0 spiro atoms. The maximum Gasteiger partial charge on any atom is 0.421 e. The van der Waals surface area contributed by atoms with E-state index < -0.39 is 63.3 Å². The van der Waals surface area contributed by atoms with Crippen LogP contribution in [-0.4, -0.2) is 50.2 Å². The van der Waals surface area contributed by atoms with Crippen molar-refractivity contribution < 1.29 is 41.4 Å². The van der Waals surface area contributed by atoms with Crippen molar-refractivity contribution in [3.8, 4) is 5.69 Å². The number of fused-ring (bicyclic) bond motifs is 1. The SMILES string of the molecule is CN1C(=O)C[C@@](C)(c2cccc(-n3c(C(C)(C)O)nc4ccc(F)c(C(F)(F)F)c43)c2F)N=C1NC(=O)OC(C)(C)C. The zero-order chi connectivity index (χ0) is 31.6. The Balaban J connectivity index is 1.97. The number of alkyl halides is 3. The highest BCUT2D eigenvalue weighted by molar-refractivity contribution is 6.05. The van der Waals surface area contributed by atoms with E-state index in [2.05, 4.69) is 15.3 Å². The molecule has 0 radical (unpaired) electrons. The van der Waals surface area contributed by atoms with Gasteiger partial charge in [0.25, 0.3) is 0 Å². The van der Waals surface area contributed by atoms with Crippen molar-refractivity contribution >= 4 is 29.0 Å². The van der Waals surface area contributed by atoms with Gasteiger partial charge in [0.15, 0.2) is 5.82 Å². The van der Waals surface area contributed by atoms with Crippen LogP contribution in [0.2, 0.25) is 0 Å². The highest BCUT2D eigenvalue weighted by atomic mass is 19.4. The van der Waals surface area contributed by atoms with Gasteiger partial charge < -0.3 is 9.84 Å². The topological polar surface area (TPSA) is 109 Å². The van der Waals surface area contributed by atoms with Gasteiger partial charge in [0.05, 0.1) is 28.7 Å². The quantitative estimate of drug-likeness (QED) is 0.389. The van der Waals surface area contributed by atoms with Gasteiger partial charge in [-0.25, -0.2) is 23.6 Å². The number of imidazole rings is 1. The van der Waals surface area contributed by atoms with Crippen molar-refractivity contribution in [2.75, 3.05) is 7.05 Å². The van der Waals surface area contributed by atoms with E-state index in [4.69, 9.17) is 4.74 Å². The molecule has 2 heterocycles. The van der Waals surface area contributed by atoms with Gasteiger partial charge in [0.1, 0.15) is 28.4 Å². The number of aliphatic imine (C=N–C) groups is 1. The summed E-state index contributed by atoms with van der Waals surface area (Å²) in [7, 11) is 1.35. The van der Waals surface area contributed by atoms with Gasteiger partial charge in [-0.15, -0.1) is 0 Å². The molecule has 3 aromatic rings. The number of rotatable bonds is 3. The van der Waals surface area contributed by atoms with Gasteiger partial charge in [-0.1, -0.05) is 12.1 Å². The molecule has 0 saturated heterocycles. The summed E-state index contributed by atoms with van der Waals surface area (Å²) < 4.78 is 79.4. The molecule has 4 rings (SSSR count). The molecule has 2 N–H and O–H groups in total. The number of hydrogen-bond donors (Lipinski definition) is 2. The van der Waals surface area contributed by atoms with Gasteiger partial charge in [-0.3, -0.25) is 19.6 Å². The normalized spacial score (nSPS) is 18.4. The standard InChI is InChI=1S/C28H30F5N5O4/c1-25(2,3)42-24(40)35-23-36-27(6,13-18(39)37(23)7)14-9-8-10-17(20(14)30)38-21-16(34-22(38)26(4,5)41)12-11-15(29)19(21)28(31,32)33/h8-12,41H,13H2,1-7H3,(H,35,36,40)/t27-/m0/s1. The van der Waals surface area contributed by atoms with E-state index >= 15 is 4.39 Å². The molecular weight excluding hydrogens is 565 g/mol. The zero-order valence-corrected chi connectivity index (χ0v) is 23.9. The minimum atomic E-state index is -5.19. The first kappa shape index (κ1) is 30.9. The summed E-state index contributed by atoms with van der Waals surface area (Å²) in [5.74, 6) is -3.87. The molecule has 1 atom stereocenters. The molecule has 42 heavy (non-hydrogen) atoms. The monoisotopic (exact) mass is 595 g/mol. The lowest BCUT2D eigenvalue weighted by molar-refractivity contribution is -0.138. The second-order valence-electron chi connectivity index (χ2n) is 11.7. The maximum atomic E-state index is 16.5. The predicted octanol–water partition coefficient (Wildman–Crippen LogP) is 5.51. The van der Waals surface area contributed by atoms with Crippen LogP contribution in [0.25, 0.3) is 16.7 Å². The minimum absolute atomic E-state index is 0.210. The number of amides is 2. The lowest BCUT2D eigenvalue weighted by Gasteiger charge is -2.35. The van der Waals surface area contributed by atoms with E-state index in [1.165, 1.54) is 40.0 Å². The second-order valence-corrected chi connectivity index (χ2v) is 11.7. The van der Waals surface area contributed by atoms with Crippen LogP contribution in [0.3, 0.4) is 0 Å². The highest BCUT2D eigenvalue weighted by Crippen LogP contribution is 2.42. The zero-order valence-electron chi connectivity index (χ0n) is 23.9. The second kappa shape index (κ2) is 10.0. The third kappa shape index (κ3) is 5.67. The van der Waals surface area contributed by atoms with Gasteiger partial charge >= 0.3 is 12.3 Å². The fourth-order valence-corrected chi connectivity index (χ4v) is 4.71. The molecule has 1 aliphatic rings. The van der Waals surface area contributed by atoms with E-state index in [1.54, 1.807) is 20.8 Å². The average Bonchev–Trinajstić information content (AvgIpc) is 3.20.